The minimum Gasteiger partial charge on any atom is -0.378 e. The van der Waals surface area contributed by atoms with Crippen LogP contribution in [0.4, 0.5) is 5.69 Å². The van der Waals surface area contributed by atoms with E-state index in [4.69, 9.17) is 11.6 Å². The molecule has 172 valence electrons. The summed E-state index contributed by atoms with van der Waals surface area (Å²) in [5.41, 5.74) is 3.05. The molecule has 0 saturated carbocycles. The summed E-state index contributed by atoms with van der Waals surface area (Å²) in [4.78, 5) is 42.4. The molecule has 2 atom stereocenters. The van der Waals surface area contributed by atoms with E-state index in [1.165, 1.54) is 9.80 Å². The van der Waals surface area contributed by atoms with Crippen molar-refractivity contribution in [2.45, 2.75) is 12.1 Å². The Morgan fingerprint density at radius 3 is 2.41 bits per heavy atom. The van der Waals surface area contributed by atoms with Gasteiger partial charge in [0.15, 0.2) is 6.10 Å². The van der Waals surface area contributed by atoms with Crippen molar-refractivity contribution in [3.8, 4) is 11.1 Å². The van der Waals surface area contributed by atoms with Crippen LogP contribution in [0.5, 0.6) is 0 Å². The molecule has 34 heavy (non-hydrogen) atoms. The molecule has 7 nitrogen and oxygen atoms in total. The number of anilines is 1. The third-order valence-corrected chi connectivity index (χ3v) is 6.54. The molecule has 2 unspecified atom stereocenters. The van der Waals surface area contributed by atoms with Gasteiger partial charge in [0, 0.05) is 18.1 Å². The Bertz CT molecular complexity index is 1260. The average Bonchev–Trinajstić information content (AvgIpc) is 2.98. The van der Waals surface area contributed by atoms with Gasteiger partial charge >= 0.3 is 0 Å². The molecule has 1 saturated heterocycles. The van der Waals surface area contributed by atoms with Gasteiger partial charge in [-0.1, -0.05) is 60.1 Å². The number of amides is 3. The van der Waals surface area contributed by atoms with Crippen molar-refractivity contribution in [2.24, 2.45) is 0 Å². The maximum Gasteiger partial charge on any atom is 0.256 e. The number of nitrogens with zero attached hydrogens (tertiary/aromatic N) is 2. The second-order valence-electron chi connectivity index (χ2n) is 8.37. The van der Waals surface area contributed by atoms with Crippen molar-refractivity contribution >= 4 is 35.0 Å². The van der Waals surface area contributed by atoms with E-state index < -0.39 is 18.1 Å². The Balaban J connectivity index is 1.39. The number of halogens is 1. The molecule has 3 aromatic rings. The van der Waals surface area contributed by atoms with Crippen LogP contribution in [-0.4, -0.2) is 58.3 Å². The number of aliphatic hydroxyl groups is 1. The zero-order valence-electron chi connectivity index (χ0n) is 18.1. The minimum absolute atomic E-state index is 0.0122. The van der Waals surface area contributed by atoms with Crippen LogP contribution in [0.25, 0.3) is 11.1 Å². The van der Waals surface area contributed by atoms with E-state index in [0.29, 0.717) is 21.8 Å². The lowest BCUT2D eigenvalue weighted by atomic mass is 10.0. The molecule has 0 aromatic heterocycles. The van der Waals surface area contributed by atoms with Crippen molar-refractivity contribution in [1.29, 1.82) is 0 Å². The van der Waals surface area contributed by atoms with Crippen molar-refractivity contribution < 1.29 is 19.5 Å². The summed E-state index contributed by atoms with van der Waals surface area (Å²) in [7, 11) is 0. The van der Waals surface area contributed by atoms with Gasteiger partial charge in [0.25, 0.3) is 11.8 Å². The maximum atomic E-state index is 13.4. The Morgan fingerprint density at radius 2 is 1.68 bits per heavy atom. The van der Waals surface area contributed by atoms with Gasteiger partial charge in [0.2, 0.25) is 5.91 Å². The van der Waals surface area contributed by atoms with Gasteiger partial charge in [-0.2, -0.15) is 0 Å². The Labute approximate surface area is 201 Å². The number of piperazine rings is 1. The number of fused-ring (bicyclic) bond motifs is 2. The van der Waals surface area contributed by atoms with Gasteiger partial charge < -0.3 is 20.2 Å². The monoisotopic (exact) mass is 475 g/mol. The molecule has 8 heteroatoms. The van der Waals surface area contributed by atoms with Crippen LogP contribution >= 0.6 is 11.6 Å². The molecule has 0 radical (unpaired) electrons. The topological polar surface area (TPSA) is 90.0 Å². The van der Waals surface area contributed by atoms with Crippen LogP contribution in [0.3, 0.4) is 0 Å². The molecule has 0 aliphatic carbocycles. The van der Waals surface area contributed by atoms with Crippen molar-refractivity contribution in [3.63, 3.8) is 0 Å². The Kier molecular flexibility index (Phi) is 5.81. The standard InChI is InChI=1S/C26H22ClN3O4/c27-19-9-6-16(7-10-19)18-8-11-21-20(14-18)25(33)30-13-12-29(15-22(30)24(32)28-21)26(34)23(31)17-4-2-1-3-5-17/h1-11,14,22-23,31H,12-13,15H2,(H,28,32). The average molecular weight is 476 g/mol. The SMILES string of the molecule is O=C1Nc2ccc(-c3ccc(Cl)cc3)cc2C(=O)N2CCN(C(=O)C(O)c3ccccc3)CC12. The molecule has 3 aromatic carbocycles. The first-order valence-corrected chi connectivity index (χ1v) is 11.3. The normalized spacial score (nSPS) is 18.5. The first-order chi connectivity index (χ1) is 16.4. The second kappa shape index (κ2) is 8.93. The quantitative estimate of drug-likeness (QED) is 0.608. The molecule has 5 rings (SSSR count). The van der Waals surface area contributed by atoms with Crippen molar-refractivity contribution in [1.82, 2.24) is 9.80 Å². The molecule has 1 fully saturated rings. The van der Waals surface area contributed by atoms with Gasteiger partial charge in [-0.25, -0.2) is 0 Å². The van der Waals surface area contributed by atoms with Crippen LogP contribution in [0, 0.1) is 0 Å². The smallest absolute Gasteiger partial charge is 0.256 e. The molecule has 2 N–H and O–H groups in total. The first kappa shape index (κ1) is 22.1. The highest BCUT2D eigenvalue weighted by Gasteiger charge is 2.41. The Hall–Kier alpha value is -3.68. The number of hydrogen-bond donors (Lipinski definition) is 2. The lowest BCUT2D eigenvalue weighted by Crippen LogP contribution is -2.60. The summed E-state index contributed by atoms with van der Waals surface area (Å²) in [6.07, 6.45) is -1.32. The van der Waals surface area contributed by atoms with E-state index >= 15 is 0 Å². The molecule has 0 bridgehead atoms. The van der Waals surface area contributed by atoms with Gasteiger partial charge in [-0.3, -0.25) is 14.4 Å². The van der Waals surface area contributed by atoms with Gasteiger partial charge in [-0.15, -0.1) is 0 Å². The zero-order chi connectivity index (χ0) is 23.8. The number of rotatable bonds is 3. The third kappa shape index (κ3) is 4.04. The Morgan fingerprint density at radius 1 is 0.971 bits per heavy atom. The highest BCUT2D eigenvalue weighted by atomic mass is 35.5. The predicted molar refractivity (Wildman–Crippen MR) is 128 cm³/mol. The zero-order valence-corrected chi connectivity index (χ0v) is 18.9. The maximum absolute atomic E-state index is 13.4. The molecule has 2 aliphatic heterocycles. The molecular weight excluding hydrogens is 454 g/mol. The fourth-order valence-corrected chi connectivity index (χ4v) is 4.55. The van der Waals surface area contributed by atoms with Gasteiger partial charge in [0.1, 0.15) is 6.04 Å². The van der Waals surface area contributed by atoms with E-state index in [1.807, 2.05) is 18.2 Å². The third-order valence-electron chi connectivity index (χ3n) is 6.29. The number of hydrogen-bond acceptors (Lipinski definition) is 4. The van der Waals surface area contributed by atoms with Crippen LogP contribution in [0.2, 0.25) is 5.02 Å². The van der Waals surface area contributed by atoms with Crippen LogP contribution in [-0.2, 0) is 9.59 Å². The summed E-state index contributed by atoms with van der Waals surface area (Å²) in [5, 5.41) is 14.0. The van der Waals surface area contributed by atoms with Crippen LogP contribution < -0.4 is 5.32 Å². The molecule has 0 spiro atoms. The van der Waals surface area contributed by atoms with Crippen LogP contribution in [0.15, 0.2) is 72.8 Å². The summed E-state index contributed by atoms with van der Waals surface area (Å²) >= 11 is 5.99. The lowest BCUT2D eigenvalue weighted by molar-refractivity contribution is -0.144. The summed E-state index contributed by atoms with van der Waals surface area (Å²) in [6, 6.07) is 20.4. The van der Waals surface area contributed by atoms with E-state index in [-0.39, 0.29) is 31.4 Å². The molecule has 2 heterocycles. The summed E-state index contributed by atoms with van der Waals surface area (Å²) in [6.45, 7) is 0.428. The molecular formula is C26H22ClN3O4. The van der Waals surface area contributed by atoms with Gasteiger partial charge in [-0.05, 0) is 41.0 Å². The lowest BCUT2D eigenvalue weighted by Gasteiger charge is -2.40. The van der Waals surface area contributed by atoms with E-state index in [0.717, 1.165) is 11.1 Å². The van der Waals surface area contributed by atoms with Crippen molar-refractivity contribution in [2.75, 3.05) is 25.0 Å². The number of nitrogens with one attached hydrogen (secondary N) is 1. The fraction of sp³-hybridized carbons (Fsp3) is 0.192. The summed E-state index contributed by atoms with van der Waals surface area (Å²) < 4.78 is 0. The predicted octanol–water partition coefficient (Wildman–Crippen LogP) is 3.35. The number of benzene rings is 3. The molecule has 3 amide bonds. The summed E-state index contributed by atoms with van der Waals surface area (Å²) in [5.74, 6) is -1.12. The van der Waals surface area contributed by atoms with Gasteiger partial charge in [0.05, 0.1) is 17.8 Å². The van der Waals surface area contributed by atoms with Crippen LogP contribution in [0.1, 0.15) is 22.0 Å². The number of aliphatic hydroxyl groups excluding tert-OH is 1. The fourth-order valence-electron chi connectivity index (χ4n) is 4.42. The highest BCUT2D eigenvalue weighted by molar-refractivity contribution is 6.30. The van der Waals surface area contributed by atoms with E-state index in [2.05, 4.69) is 5.32 Å². The largest absolute Gasteiger partial charge is 0.378 e. The second-order valence-corrected chi connectivity index (χ2v) is 8.80. The molecule has 2 aliphatic rings. The van der Waals surface area contributed by atoms with E-state index in [1.54, 1.807) is 54.6 Å². The number of carbonyl (C=O) groups is 3. The van der Waals surface area contributed by atoms with Crippen molar-refractivity contribution in [3.05, 3.63) is 88.9 Å². The minimum atomic E-state index is -1.32. The highest BCUT2D eigenvalue weighted by Crippen LogP contribution is 2.31. The number of carbonyl (C=O) groups excluding carboxylic acids is 3. The first-order valence-electron chi connectivity index (χ1n) is 11.0. The van der Waals surface area contributed by atoms with E-state index in [9.17, 15) is 19.5 Å².